The summed E-state index contributed by atoms with van der Waals surface area (Å²) in [6.07, 6.45) is 2.04. The molecule has 0 radical (unpaired) electrons. The van der Waals surface area contributed by atoms with E-state index >= 15 is 0 Å². The second-order valence-electron chi connectivity index (χ2n) is 7.83. The molecule has 3 saturated heterocycles. The minimum absolute atomic E-state index is 0.0955. The molecule has 0 aliphatic carbocycles. The quantitative estimate of drug-likeness (QED) is 0.822. The first-order valence-corrected chi connectivity index (χ1v) is 9.80. The number of nitrogens with zero attached hydrogens (tertiary/aromatic N) is 3. The van der Waals surface area contributed by atoms with Crippen LogP contribution in [0.2, 0.25) is 0 Å². The van der Waals surface area contributed by atoms with Crippen molar-refractivity contribution in [2.45, 2.75) is 24.9 Å². The lowest BCUT2D eigenvalue weighted by Crippen LogP contribution is -2.57. The van der Waals surface area contributed by atoms with Crippen molar-refractivity contribution in [2.75, 3.05) is 51.3 Å². The highest BCUT2D eigenvalue weighted by Gasteiger charge is 2.41. The van der Waals surface area contributed by atoms with Crippen LogP contribution in [0.15, 0.2) is 24.3 Å². The molecule has 8 heteroatoms. The summed E-state index contributed by atoms with van der Waals surface area (Å²) in [5.41, 5.74) is 0.753. The van der Waals surface area contributed by atoms with Crippen LogP contribution in [0, 0.1) is 0 Å². The molecule has 1 spiro atoms. The number of amides is 4. The molecule has 0 saturated carbocycles. The normalized spacial score (nSPS) is 23.0. The van der Waals surface area contributed by atoms with E-state index in [0.29, 0.717) is 30.9 Å². The molecule has 4 rings (SSSR count). The summed E-state index contributed by atoms with van der Waals surface area (Å²) >= 11 is 0. The van der Waals surface area contributed by atoms with Crippen LogP contribution in [0.3, 0.4) is 0 Å². The molecular formula is C20H26N4O4. The van der Waals surface area contributed by atoms with Gasteiger partial charge in [0.05, 0.1) is 30.0 Å². The average molecular weight is 386 g/mol. The summed E-state index contributed by atoms with van der Waals surface area (Å²) in [7, 11) is 2.10. The summed E-state index contributed by atoms with van der Waals surface area (Å²) in [5.74, 6) is -0.385. The van der Waals surface area contributed by atoms with Crippen molar-refractivity contribution in [3.63, 3.8) is 0 Å². The predicted molar refractivity (Wildman–Crippen MR) is 103 cm³/mol. The van der Waals surface area contributed by atoms with Crippen molar-refractivity contribution < 1.29 is 19.1 Å². The fourth-order valence-electron chi connectivity index (χ4n) is 4.20. The Balaban J connectivity index is 1.55. The van der Waals surface area contributed by atoms with Gasteiger partial charge in [0.15, 0.2) is 0 Å². The first-order chi connectivity index (χ1) is 13.5. The van der Waals surface area contributed by atoms with E-state index < -0.39 is 6.03 Å². The zero-order valence-corrected chi connectivity index (χ0v) is 16.1. The predicted octanol–water partition coefficient (Wildman–Crippen LogP) is 1.07. The van der Waals surface area contributed by atoms with Gasteiger partial charge in [0.2, 0.25) is 5.91 Å². The molecular weight excluding hydrogens is 360 g/mol. The van der Waals surface area contributed by atoms with E-state index in [-0.39, 0.29) is 30.4 Å². The maximum Gasteiger partial charge on any atom is 0.328 e. The molecule has 0 aromatic heterocycles. The summed E-state index contributed by atoms with van der Waals surface area (Å²) in [4.78, 5) is 42.7. The number of carbonyl (C=O) groups is 3. The van der Waals surface area contributed by atoms with Crippen LogP contribution in [0.25, 0.3) is 0 Å². The minimum atomic E-state index is -0.481. The number of benzene rings is 1. The van der Waals surface area contributed by atoms with E-state index in [1.165, 1.54) is 4.90 Å². The van der Waals surface area contributed by atoms with Gasteiger partial charge >= 0.3 is 6.03 Å². The summed E-state index contributed by atoms with van der Waals surface area (Å²) in [6, 6.07) is 6.63. The van der Waals surface area contributed by atoms with Gasteiger partial charge in [-0.15, -0.1) is 0 Å². The Morgan fingerprint density at radius 3 is 2.61 bits per heavy atom. The van der Waals surface area contributed by atoms with E-state index in [9.17, 15) is 14.4 Å². The Bertz CT molecular complexity index is 788. The van der Waals surface area contributed by atoms with Crippen LogP contribution >= 0.6 is 0 Å². The number of rotatable bonds is 2. The Labute approximate surface area is 164 Å². The van der Waals surface area contributed by atoms with Crippen LogP contribution in [0.5, 0.6) is 0 Å². The molecule has 3 aliphatic heterocycles. The molecule has 0 atom stereocenters. The molecule has 0 bridgehead atoms. The van der Waals surface area contributed by atoms with Crippen molar-refractivity contribution in [1.29, 1.82) is 0 Å². The second-order valence-corrected chi connectivity index (χ2v) is 7.83. The SMILES string of the molecule is CN1CCC2(CC1)CN(C(=O)c1ccccc1N1CCC(=O)NC1=O)CCO2. The number of ether oxygens (including phenoxy) is 1. The zero-order chi connectivity index (χ0) is 19.7. The monoisotopic (exact) mass is 386 g/mol. The van der Waals surface area contributed by atoms with E-state index in [0.717, 1.165) is 25.9 Å². The zero-order valence-electron chi connectivity index (χ0n) is 16.1. The maximum absolute atomic E-state index is 13.4. The van der Waals surface area contributed by atoms with Gasteiger partial charge in [0.25, 0.3) is 5.91 Å². The topological polar surface area (TPSA) is 82.2 Å². The number of likely N-dealkylation sites (tertiary alicyclic amines) is 1. The first-order valence-electron chi connectivity index (χ1n) is 9.80. The Kier molecular flexibility index (Phi) is 5.07. The van der Waals surface area contributed by atoms with Crippen LogP contribution in [0.4, 0.5) is 10.5 Å². The summed E-state index contributed by atoms with van der Waals surface area (Å²) < 4.78 is 6.11. The van der Waals surface area contributed by atoms with E-state index in [2.05, 4.69) is 17.3 Å². The number of carbonyl (C=O) groups excluding carboxylic acids is 3. The number of hydrogen-bond acceptors (Lipinski definition) is 5. The first kappa shape index (κ1) is 18.9. The Morgan fingerprint density at radius 2 is 1.86 bits per heavy atom. The maximum atomic E-state index is 13.4. The molecule has 0 unspecified atom stereocenters. The molecule has 1 aromatic rings. The second kappa shape index (κ2) is 7.52. The lowest BCUT2D eigenvalue weighted by Gasteiger charge is -2.46. The number of morpholine rings is 1. The van der Waals surface area contributed by atoms with E-state index in [4.69, 9.17) is 4.74 Å². The van der Waals surface area contributed by atoms with Crippen molar-refractivity contribution >= 4 is 23.5 Å². The van der Waals surface area contributed by atoms with Crippen molar-refractivity contribution in [2.24, 2.45) is 0 Å². The van der Waals surface area contributed by atoms with Crippen molar-refractivity contribution in [3.05, 3.63) is 29.8 Å². The summed E-state index contributed by atoms with van der Waals surface area (Å²) in [5, 5.41) is 2.32. The van der Waals surface area contributed by atoms with E-state index in [1.807, 2.05) is 4.90 Å². The van der Waals surface area contributed by atoms with Crippen LogP contribution in [-0.4, -0.2) is 79.6 Å². The number of anilines is 1. The van der Waals surface area contributed by atoms with Gasteiger partial charge in [0.1, 0.15) is 0 Å². The van der Waals surface area contributed by atoms with Gasteiger partial charge in [-0.3, -0.25) is 19.8 Å². The molecule has 150 valence electrons. The van der Waals surface area contributed by atoms with Gasteiger partial charge < -0.3 is 14.5 Å². The number of para-hydroxylation sites is 1. The third-order valence-corrected chi connectivity index (χ3v) is 5.91. The number of hydrogen-bond donors (Lipinski definition) is 1. The standard InChI is InChI=1S/C20H26N4O4/c1-22-10-7-20(8-11-22)14-23(12-13-28-20)18(26)15-4-2-3-5-16(15)24-9-6-17(25)21-19(24)27/h2-5H,6-14H2,1H3,(H,21,25,27). The Morgan fingerprint density at radius 1 is 1.11 bits per heavy atom. The molecule has 3 fully saturated rings. The van der Waals surface area contributed by atoms with Crippen molar-refractivity contribution in [3.8, 4) is 0 Å². The summed E-state index contributed by atoms with van der Waals surface area (Å²) in [6.45, 7) is 3.82. The highest BCUT2D eigenvalue weighted by atomic mass is 16.5. The van der Waals surface area contributed by atoms with Gasteiger partial charge in [-0.05, 0) is 32.0 Å². The third-order valence-electron chi connectivity index (χ3n) is 5.91. The van der Waals surface area contributed by atoms with Crippen LogP contribution < -0.4 is 10.2 Å². The van der Waals surface area contributed by atoms with Crippen molar-refractivity contribution in [1.82, 2.24) is 15.1 Å². The van der Waals surface area contributed by atoms with E-state index in [1.54, 1.807) is 24.3 Å². The molecule has 1 N–H and O–H groups in total. The largest absolute Gasteiger partial charge is 0.371 e. The average Bonchev–Trinajstić information content (AvgIpc) is 2.70. The molecule has 1 aromatic carbocycles. The van der Waals surface area contributed by atoms with Crippen LogP contribution in [0.1, 0.15) is 29.6 Å². The number of nitrogens with one attached hydrogen (secondary N) is 1. The smallest absolute Gasteiger partial charge is 0.328 e. The molecule has 8 nitrogen and oxygen atoms in total. The number of imide groups is 1. The van der Waals surface area contributed by atoms with Gasteiger partial charge in [-0.2, -0.15) is 0 Å². The molecule has 28 heavy (non-hydrogen) atoms. The highest BCUT2D eigenvalue weighted by molar-refractivity contribution is 6.09. The highest BCUT2D eigenvalue weighted by Crippen LogP contribution is 2.31. The van der Waals surface area contributed by atoms with Gasteiger partial charge in [-0.25, -0.2) is 4.79 Å². The van der Waals surface area contributed by atoms with Gasteiger partial charge in [0, 0.05) is 32.6 Å². The number of piperidine rings is 1. The Hall–Kier alpha value is -2.45. The van der Waals surface area contributed by atoms with Crippen LogP contribution in [-0.2, 0) is 9.53 Å². The molecule has 4 amide bonds. The fraction of sp³-hybridized carbons (Fsp3) is 0.550. The molecule has 3 aliphatic rings. The molecule has 3 heterocycles. The lowest BCUT2D eigenvalue weighted by atomic mass is 9.89. The van der Waals surface area contributed by atoms with Gasteiger partial charge in [-0.1, -0.05) is 12.1 Å². The minimum Gasteiger partial charge on any atom is -0.371 e. The fourth-order valence-corrected chi connectivity index (χ4v) is 4.20. The third kappa shape index (κ3) is 3.62. The number of urea groups is 1. The lowest BCUT2D eigenvalue weighted by molar-refractivity contribution is -0.125.